The number of hydrogen-bond acceptors (Lipinski definition) is 9. The first-order chi connectivity index (χ1) is 16.4. The maximum Gasteiger partial charge on any atom is 0.347 e. The first-order valence-corrected chi connectivity index (χ1v) is 13.2. The highest BCUT2D eigenvalue weighted by Gasteiger charge is 2.26. The molecule has 0 unspecified atom stereocenters. The van der Waals surface area contributed by atoms with E-state index in [1.165, 1.54) is 17.6 Å². The van der Waals surface area contributed by atoms with Crippen LogP contribution in [0.25, 0.3) is 0 Å². The zero-order chi connectivity index (χ0) is 24.1. The van der Waals surface area contributed by atoms with Gasteiger partial charge in [0, 0.05) is 32.7 Å². The molecule has 10 nitrogen and oxygen atoms in total. The van der Waals surface area contributed by atoms with Crippen molar-refractivity contribution in [2.24, 2.45) is 0 Å². The lowest BCUT2D eigenvalue weighted by atomic mass is 10.2. The molecule has 1 aliphatic heterocycles. The molecule has 0 spiro atoms. The number of hydrogen-bond donors (Lipinski definition) is 3. The van der Waals surface area contributed by atoms with E-state index >= 15 is 0 Å². The van der Waals surface area contributed by atoms with Crippen molar-refractivity contribution < 1.29 is 18.3 Å². The fraction of sp³-hybridized carbons (Fsp3) is 0.318. The van der Waals surface area contributed by atoms with E-state index in [2.05, 4.69) is 36.7 Å². The SMILES string of the molecule is CCN1CCN(c2ncc(NS(=O)(=O)c3ccsc3C(=O)O)c(NCc3ccccc3)n2)CC1. The van der Waals surface area contributed by atoms with Gasteiger partial charge in [0.1, 0.15) is 15.5 Å². The molecule has 0 saturated carbocycles. The van der Waals surface area contributed by atoms with E-state index in [1.807, 2.05) is 30.3 Å². The Bertz CT molecular complexity index is 1240. The average Bonchev–Trinajstić information content (AvgIpc) is 3.36. The van der Waals surface area contributed by atoms with E-state index in [4.69, 9.17) is 0 Å². The number of piperazine rings is 1. The number of likely N-dealkylation sites (N-methyl/N-ethyl adjacent to an activating group) is 1. The van der Waals surface area contributed by atoms with Gasteiger partial charge in [-0.3, -0.25) is 4.72 Å². The van der Waals surface area contributed by atoms with Crippen LogP contribution in [0.1, 0.15) is 22.2 Å². The Morgan fingerprint density at radius 1 is 1.15 bits per heavy atom. The van der Waals surface area contributed by atoms with Crippen LogP contribution in [0.4, 0.5) is 17.5 Å². The number of sulfonamides is 1. The largest absolute Gasteiger partial charge is 0.477 e. The normalized spacial score (nSPS) is 14.7. The van der Waals surface area contributed by atoms with Gasteiger partial charge in [0.05, 0.1) is 6.20 Å². The molecule has 1 fully saturated rings. The van der Waals surface area contributed by atoms with E-state index < -0.39 is 16.0 Å². The zero-order valence-corrected chi connectivity index (χ0v) is 20.3. The van der Waals surface area contributed by atoms with Gasteiger partial charge >= 0.3 is 5.97 Å². The van der Waals surface area contributed by atoms with Crippen LogP contribution >= 0.6 is 11.3 Å². The number of rotatable bonds is 9. The Hall–Kier alpha value is -3.22. The first-order valence-electron chi connectivity index (χ1n) is 10.8. The second-order valence-electron chi connectivity index (χ2n) is 7.72. The van der Waals surface area contributed by atoms with Gasteiger partial charge in [-0.25, -0.2) is 18.2 Å². The minimum atomic E-state index is -4.16. The number of carbonyl (C=O) groups is 1. The second kappa shape index (κ2) is 10.4. The zero-order valence-electron chi connectivity index (χ0n) is 18.6. The highest BCUT2D eigenvalue weighted by Crippen LogP contribution is 2.28. The molecule has 0 amide bonds. The summed E-state index contributed by atoms with van der Waals surface area (Å²) in [7, 11) is -4.16. The average molecular weight is 503 g/mol. The molecule has 12 heteroatoms. The summed E-state index contributed by atoms with van der Waals surface area (Å²) in [5.74, 6) is -0.464. The lowest BCUT2D eigenvalue weighted by Crippen LogP contribution is -2.46. The number of aromatic carboxylic acids is 1. The van der Waals surface area contributed by atoms with Gasteiger partial charge in [-0.15, -0.1) is 11.3 Å². The highest BCUT2D eigenvalue weighted by molar-refractivity contribution is 7.93. The molecule has 180 valence electrons. The summed E-state index contributed by atoms with van der Waals surface area (Å²) in [5, 5.41) is 14.0. The molecular formula is C22H26N6O4S2. The Morgan fingerprint density at radius 3 is 2.56 bits per heavy atom. The molecule has 1 aromatic carbocycles. The summed E-state index contributed by atoms with van der Waals surface area (Å²) < 4.78 is 28.5. The van der Waals surface area contributed by atoms with Gasteiger partial charge in [-0.05, 0) is 23.6 Å². The maximum atomic E-state index is 13.0. The summed E-state index contributed by atoms with van der Waals surface area (Å²) >= 11 is 0.854. The first kappa shape index (κ1) is 23.9. The van der Waals surface area contributed by atoms with Crippen LogP contribution in [0.5, 0.6) is 0 Å². The van der Waals surface area contributed by atoms with Crippen LogP contribution < -0.4 is 14.9 Å². The number of nitrogens with one attached hydrogen (secondary N) is 2. The fourth-order valence-electron chi connectivity index (χ4n) is 3.64. The molecule has 34 heavy (non-hydrogen) atoms. The summed E-state index contributed by atoms with van der Waals surface area (Å²) in [6, 6.07) is 10.9. The Labute approximate surface area is 202 Å². The number of aromatic nitrogens is 2. The van der Waals surface area contributed by atoms with E-state index in [0.717, 1.165) is 49.6 Å². The topological polar surface area (TPSA) is 128 Å². The number of nitrogens with zero attached hydrogens (tertiary/aromatic N) is 4. The smallest absolute Gasteiger partial charge is 0.347 e. The molecule has 0 aliphatic carbocycles. The number of carboxylic acids is 1. The Morgan fingerprint density at radius 2 is 1.88 bits per heavy atom. The molecule has 3 N–H and O–H groups in total. The predicted molar refractivity (Wildman–Crippen MR) is 132 cm³/mol. The van der Waals surface area contributed by atoms with Crippen molar-refractivity contribution in [1.29, 1.82) is 0 Å². The quantitative estimate of drug-likeness (QED) is 0.405. The van der Waals surface area contributed by atoms with Gasteiger partial charge in [-0.1, -0.05) is 37.3 Å². The lowest BCUT2D eigenvalue weighted by molar-refractivity contribution is 0.0698. The van der Waals surface area contributed by atoms with Crippen LogP contribution in [0.2, 0.25) is 0 Å². The van der Waals surface area contributed by atoms with Gasteiger partial charge in [-0.2, -0.15) is 4.98 Å². The third-order valence-corrected chi connectivity index (χ3v) is 7.98. The monoisotopic (exact) mass is 502 g/mol. The Kier molecular flexibility index (Phi) is 7.29. The van der Waals surface area contributed by atoms with Gasteiger partial charge in [0.15, 0.2) is 5.82 Å². The van der Waals surface area contributed by atoms with Crippen LogP contribution in [0.3, 0.4) is 0 Å². The molecule has 2 aromatic heterocycles. The van der Waals surface area contributed by atoms with E-state index in [9.17, 15) is 18.3 Å². The van der Waals surface area contributed by atoms with E-state index in [-0.39, 0.29) is 15.5 Å². The lowest BCUT2D eigenvalue weighted by Gasteiger charge is -2.34. The second-order valence-corrected chi connectivity index (χ2v) is 10.3. The molecule has 1 saturated heterocycles. The minimum absolute atomic E-state index is 0.148. The third kappa shape index (κ3) is 5.46. The minimum Gasteiger partial charge on any atom is -0.477 e. The van der Waals surface area contributed by atoms with Crippen molar-refractivity contribution in [3.05, 3.63) is 58.4 Å². The number of anilines is 3. The van der Waals surface area contributed by atoms with Crippen molar-refractivity contribution in [2.45, 2.75) is 18.4 Å². The van der Waals surface area contributed by atoms with Crippen molar-refractivity contribution in [3.8, 4) is 0 Å². The summed E-state index contributed by atoms with van der Waals surface area (Å²) in [4.78, 5) is 24.3. The number of carboxylic acid groups (broad SMARTS) is 1. The molecule has 3 aromatic rings. The van der Waals surface area contributed by atoms with Gasteiger partial charge in [0.25, 0.3) is 10.0 Å². The molecular weight excluding hydrogens is 476 g/mol. The van der Waals surface area contributed by atoms with E-state index in [0.29, 0.717) is 18.3 Å². The van der Waals surface area contributed by atoms with Gasteiger partial charge in [0.2, 0.25) is 5.95 Å². The molecule has 4 rings (SSSR count). The fourth-order valence-corrected chi connectivity index (χ4v) is 5.96. The molecule has 3 heterocycles. The molecule has 0 bridgehead atoms. The Balaban J connectivity index is 1.62. The maximum absolute atomic E-state index is 13.0. The van der Waals surface area contributed by atoms with Crippen LogP contribution in [-0.2, 0) is 16.6 Å². The molecule has 0 atom stereocenters. The highest BCUT2D eigenvalue weighted by atomic mass is 32.2. The van der Waals surface area contributed by atoms with Crippen molar-refractivity contribution in [3.63, 3.8) is 0 Å². The number of benzene rings is 1. The van der Waals surface area contributed by atoms with Crippen LogP contribution in [0, 0.1) is 0 Å². The standard InChI is InChI=1S/C22H26N6O4S2/c1-2-27-9-11-28(12-10-27)22-24-15-17(20(25-22)23-14-16-6-4-3-5-7-16)26-34(31,32)18-8-13-33-19(18)21(29)30/h3-8,13,15,26H,2,9-12,14H2,1H3,(H,29,30)(H,23,24,25). The van der Waals surface area contributed by atoms with E-state index in [1.54, 1.807) is 0 Å². The summed E-state index contributed by atoms with van der Waals surface area (Å²) in [6.07, 6.45) is 1.42. The van der Waals surface area contributed by atoms with Crippen LogP contribution in [0.15, 0.2) is 52.9 Å². The van der Waals surface area contributed by atoms with Crippen LogP contribution in [-0.4, -0.2) is 67.1 Å². The molecule has 0 radical (unpaired) electrons. The number of thiophene rings is 1. The van der Waals surface area contributed by atoms with Gasteiger partial charge < -0.3 is 20.2 Å². The van der Waals surface area contributed by atoms with Crippen molar-refractivity contribution in [2.75, 3.05) is 47.7 Å². The van der Waals surface area contributed by atoms with Crippen molar-refractivity contribution in [1.82, 2.24) is 14.9 Å². The predicted octanol–water partition coefficient (Wildman–Crippen LogP) is 2.79. The summed E-state index contributed by atoms with van der Waals surface area (Å²) in [6.45, 7) is 6.88. The van der Waals surface area contributed by atoms with Crippen molar-refractivity contribution >= 4 is 44.8 Å². The molecule has 1 aliphatic rings. The third-order valence-electron chi connectivity index (χ3n) is 5.54. The summed E-state index contributed by atoms with van der Waals surface area (Å²) in [5.41, 5.74) is 1.15.